The topological polar surface area (TPSA) is 72.2 Å². The number of hydrogen-bond acceptors (Lipinski definition) is 3. The Morgan fingerprint density at radius 1 is 1.23 bits per heavy atom. The van der Waals surface area contributed by atoms with Gasteiger partial charge in [-0.3, -0.25) is 14.9 Å². The molecule has 0 fully saturated rings. The normalized spacial score (nSPS) is 11.8. The standard InChI is InChI=1S/C16H15BrN2O3/c1-10-3-4-13(9-15(10)19(21)22)16(20)18-11(2)12-5-7-14(17)8-6-12/h3-9,11H,1-2H3,(H,18,20). The highest BCUT2D eigenvalue weighted by atomic mass is 79.9. The molecule has 6 heteroatoms. The quantitative estimate of drug-likeness (QED) is 0.655. The molecule has 0 spiro atoms. The van der Waals surface area contributed by atoms with Gasteiger partial charge in [0.25, 0.3) is 11.6 Å². The number of amides is 1. The molecule has 0 saturated heterocycles. The van der Waals surface area contributed by atoms with Crippen molar-refractivity contribution in [1.82, 2.24) is 5.32 Å². The number of nitro benzene ring substituents is 1. The van der Waals surface area contributed by atoms with Gasteiger partial charge in [0.2, 0.25) is 0 Å². The van der Waals surface area contributed by atoms with E-state index in [1.807, 2.05) is 31.2 Å². The Morgan fingerprint density at radius 2 is 1.86 bits per heavy atom. The number of nitro groups is 1. The molecule has 0 aliphatic rings. The molecule has 1 unspecified atom stereocenters. The van der Waals surface area contributed by atoms with Crippen molar-refractivity contribution in [2.24, 2.45) is 0 Å². The van der Waals surface area contributed by atoms with Crippen molar-refractivity contribution in [2.75, 3.05) is 0 Å². The van der Waals surface area contributed by atoms with Gasteiger partial charge < -0.3 is 5.32 Å². The summed E-state index contributed by atoms with van der Waals surface area (Å²) >= 11 is 3.36. The fourth-order valence-corrected chi connectivity index (χ4v) is 2.33. The van der Waals surface area contributed by atoms with E-state index >= 15 is 0 Å². The summed E-state index contributed by atoms with van der Waals surface area (Å²) in [5.41, 5.74) is 1.71. The van der Waals surface area contributed by atoms with Crippen LogP contribution in [0.4, 0.5) is 5.69 Å². The van der Waals surface area contributed by atoms with Crippen LogP contribution in [0.3, 0.4) is 0 Å². The molecule has 0 aromatic heterocycles. The lowest BCUT2D eigenvalue weighted by Crippen LogP contribution is -2.26. The summed E-state index contributed by atoms with van der Waals surface area (Å²) in [5, 5.41) is 13.8. The van der Waals surface area contributed by atoms with E-state index in [9.17, 15) is 14.9 Å². The fraction of sp³-hybridized carbons (Fsp3) is 0.188. The van der Waals surface area contributed by atoms with Crippen LogP contribution in [0.25, 0.3) is 0 Å². The molecule has 114 valence electrons. The van der Waals surface area contributed by atoms with Crippen LogP contribution in [0.1, 0.15) is 34.5 Å². The van der Waals surface area contributed by atoms with Crippen molar-refractivity contribution < 1.29 is 9.72 Å². The number of rotatable bonds is 4. The van der Waals surface area contributed by atoms with Gasteiger partial charge in [0.15, 0.2) is 0 Å². The lowest BCUT2D eigenvalue weighted by molar-refractivity contribution is -0.385. The minimum Gasteiger partial charge on any atom is -0.346 e. The first kappa shape index (κ1) is 16.2. The molecular weight excluding hydrogens is 348 g/mol. The van der Waals surface area contributed by atoms with Crippen LogP contribution < -0.4 is 5.32 Å². The number of halogens is 1. The first-order valence-corrected chi connectivity index (χ1v) is 7.49. The van der Waals surface area contributed by atoms with Crippen molar-refractivity contribution in [1.29, 1.82) is 0 Å². The summed E-state index contributed by atoms with van der Waals surface area (Å²) in [4.78, 5) is 22.7. The van der Waals surface area contributed by atoms with Gasteiger partial charge >= 0.3 is 0 Å². The lowest BCUT2D eigenvalue weighted by Gasteiger charge is -2.14. The van der Waals surface area contributed by atoms with Crippen LogP contribution >= 0.6 is 15.9 Å². The molecule has 0 aliphatic carbocycles. The molecule has 0 saturated carbocycles. The molecule has 0 heterocycles. The average molecular weight is 363 g/mol. The predicted octanol–water partition coefficient (Wildman–Crippen LogP) is 4.16. The zero-order chi connectivity index (χ0) is 16.3. The maximum Gasteiger partial charge on any atom is 0.273 e. The second-order valence-electron chi connectivity index (χ2n) is 5.01. The molecule has 5 nitrogen and oxygen atoms in total. The average Bonchev–Trinajstić information content (AvgIpc) is 2.47. The monoisotopic (exact) mass is 362 g/mol. The maximum absolute atomic E-state index is 12.2. The van der Waals surface area contributed by atoms with Gasteiger partial charge in [-0.15, -0.1) is 0 Å². The summed E-state index contributed by atoms with van der Waals surface area (Å²) in [6, 6.07) is 11.9. The van der Waals surface area contributed by atoms with Crippen LogP contribution in [0, 0.1) is 17.0 Å². The number of aryl methyl sites for hydroxylation is 1. The van der Waals surface area contributed by atoms with Gasteiger partial charge in [-0.25, -0.2) is 0 Å². The molecule has 1 atom stereocenters. The first-order chi connectivity index (χ1) is 10.4. The highest BCUT2D eigenvalue weighted by molar-refractivity contribution is 9.10. The third-order valence-electron chi connectivity index (χ3n) is 3.39. The Morgan fingerprint density at radius 3 is 2.45 bits per heavy atom. The summed E-state index contributed by atoms with van der Waals surface area (Å²) in [5.74, 6) is -0.335. The van der Waals surface area contributed by atoms with E-state index in [0.717, 1.165) is 10.0 Å². The summed E-state index contributed by atoms with van der Waals surface area (Å²) < 4.78 is 0.962. The smallest absolute Gasteiger partial charge is 0.273 e. The number of nitrogens with zero attached hydrogens (tertiary/aromatic N) is 1. The van der Waals surface area contributed by atoms with Crippen molar-refractivity contribution in [3.63, 3.8) is 0 Å². The highest BCUT2D eigenvalue weighted by Crippen LogP contribution is 2.21. The van der Waals surface area contributed by atoms with Crippen molar-refractivity contribution >= 4 is 27.5 Å². The molecule has 0 radical (unpaired) electrons. The Balaban J connectivity index is 2.16. The number of carbonyl (C=O) groups is 1. The maximum atomic E-state index is 12.2. The Labute approximate surface area is 136 Å². The number of carbonyl (C=O) groups excluding carboxylic acids is 1. The van der Waals surface area contributed by atoms with Crippen LogP contribution in [0.5, 0.6) is 0 Å². The van der Waals surface area contributed by atoms with E-state index in [1.54, 1.807) is 19.1 Å². The summed E-state index contributed by atoms with van der Waals surface area (Å²) in [7, 11) is 0. The number of benzene rings is 2. The minimum atomic E-state index is -0.482. The molecule has 2 rings (SSSR count). The van der Waals surface area contributed by atoms with Crippen LogP contribution in [0.15, 0.2) is 46.9 Å². The van der Waals surface area contributed by atoms with Crippen LogP contribution in [-0.4, -0.2) is 10.8 Å². The Bertz CT molecular complexity index is 714. The Kier molecular flexibility index (Phi) is 4.92. The first-order valence-electron chi connectivity index (χ1n) is 6.70. The number of hydrogen-bond donors (Lipinski definition) is 1. The van der Waals surface area contributed by atoms with E-state index in [-0.39, 0.29) is 23.2 Å². The number of nitrogens with one attached hydrogen (secondary N) is 1. The third kappa shape index (κ3) is 3.71. The van der Waals surface area contributed by atoms with E-state index in [2.05, 4.69) is 21.2 Å². The SMILES string of the molecule is Cc1ccc(C(=O)NC(C)c2ccc(Br)cc2)cc1[N+](=O)[O-]. The zero-order valence-electron chi connectivity index (χ0n) is 12.2. The Hall–Kier alpha value is -2.21. The molecular formula is C16H15BrN2O3. The van der Waals surface area contributed by atoms with Gasteiger partial charge in [-0.1, -0.05) is 34.1 Å². The highest BCUT2D eigenvalue weighted by Gasteiger charge is 2.16. The summed E-state index contributed by atoms with van der Waals surface area (Å²) in [6.45, 7) is 3.51. The minimum absolute atomic E-state index is 0.0519. The van der Waals surface area contributed by atoms with E-state index < -0.39 is 4.92 Å². The summed E-state index contributed by atoms with van der Waals surface area (Å²) in [6.07, 6.45) is 0. The lowest BCUT2D eigenvalue weighted by atomic mass is 10.1. The van der Waals surface area contributed by atoms with Crippen molar-refractivity contribution in [2.45, 2.75) is 19.9 Å². The molecule has 2 aromatic carbocycles. The van der Waals surface area contributed by atoms with E-state index in [1.165, 1.54) is 6.07 Å². The van der Waals surface area contributed by atoms with Crippen molar-refractivity contribution in [3.8, 4) is 0 Å². The second kappa shape index (κ2) is 6.70. The van der Waals surface area contributed by atoms with Crippen LogP contribution in [0.2, 0.25) is 0 Å². The molecule has 22 heavy (non-hydrogen) atoms. The van der Waals surface area contributed by atoms with Crippen LogP contribution in [-0.2, 0) is 0 Å². The van der Waals surface area contributed by atoms with Gasteiger partial charge in [0, 0.05) is 21.7 Å². The third-order valence-corrected chi connectivity index (χ3v) is 3.91. The second-order valence-corrected chi connectivity index (χ2v) is 5.92. The van der Waals surface area contributed by atoms with E-state index in [4.69, 9.17) is 0 Å². The van der Waals surface area contributed by atoms with Gasteiger partial charge in [-0.05, 0) is 37.6 Å². The van der Waals surface area contributed by atoms with Gasteiger partial charge in [-0.2, -0.15) is 0 Å². The predicted molar refractivity (Wildman–Crippen MR) is 87.9 cm³/mol. The van der Waals surface area contributed by atoms with E-state index in [0.29, 0.717) is 5.56 Å². The zero-order valence-corrected chi connectivity index (χ0v) is 13.8. The van der Waals surface area contributed by atoms with Crippen molar-refractivity contribution in [3.05, 3.63) is 73.7 Å². The largest absolute Gasteiger partial charge is 0.346 e. The molecule has 0 bridgehead atoms. The molecule has 1 N–H and O–H groups in total. The molecule has 0 aliphatic heterocycles. The van der Waals surface area contributed by atoms with Gasteiger partial charge in [0.05, 0.1) is 11.0 Å². The van der Waals surface area contributed by atoms with Gasteiger partial charge in [0.1, 0.15) is 0 Å². The molecule has 2 aromatic rings. The fourth-order valence-electron chi connectivity index (χ4n) is 2.06. The molecule has 1 amide bonds.